The van der Waals surface area contributed by atoms with E-state index in [-0.39, 0.29) is 0 Å². The zero-order valence-electron chi connectivity index (χ0n) is 7.70. The Bertz CT molecular complexity index is 279. The zero-order valence-corrected chi connectivity index (χ0v) is 8.46. The van der Waals surface area contributed by atoms with Crippen molar-refractivity contribution in [1.29, 1.82) is 0 Å². The van der Waals surface area contributed by atoms with Crippen molar-refractivity contribution in [2.75, 3.05) is 18.5 Å². The molecule has 1 aliphatic carbocycles. The fraction of sp³-hybridized carbons (Fsp3) is 0.500. The molecule has 0 N–H and O–H groups in total. The predicted octanol–water partition coefficient (Wildman–Crippen LogP) is 2.58. The average Bonchev–Trinajstić information content (AvgIpc) is 2.89. The van der Waals surface area contributed by atoms with Crippen LogP contribution in [-0.4, -0.2) is 18.6 Å². The number of rotatable bonds is 3. The number of hydrogen-bond donors (Lipinski definition) is 0. The average molecular weight is 197 g/mol. The molecule has 1 aromatic rings. The third-order valence-corrected chi connectivity index (χ3v) is 2.56. The fourth-order valence-electron chi connectivity index (χ4n) is 1.38. The lowest BCUT2D eigenvalue weighted by Crippen LogP contribution is -2.20. The van der Waals surface area contributed by atoms with Gasteiger partial charge in [0.1, 0.15) is 5.82 Å². The van der Waals surface area contributed by atoms with Crippen molar-refractivity contribution in [3.63, 3.8) is 0 Å². The van der Waals surface area contributed by atoms with Gasteiger partial charge in [-0.2, -0.15) is 0 Å². The van der Waals surface area contributed by atoms with Crippen LogP contribution < -0.4 is 4.90 Å². The molecule has 1 aliphatic rings. The minimum atomic E-state index is 0.698. The van der Waals surface area contributed by atoms with Gasteiger partial charge >= 0.3 is 0 Å². The molecule has 0 atom stereocenters. The van der Waals surface area contributed by atoms with Crippen LogP contribution in [0.15, 0.2) is 18.3 Å². The molecule has 0 aromatic carbocycles. The van der Waals surface area contributed by atoms with Gasteiger partial charge in [0.2, 0.25) is 0 Å². The maximum absolute atomic E-state index is 5.75. The molecule has 1 heterocycles. The lowest BCUT2D eigenvalue weighted by atomic mass is 10.3. The first-order valence-electron chi connectivity index (χ1n) is 4.58. The third-order valence-electron chi connectivity index (χ3n) is 2.33. The molecule has 1 aromatic heterocycles. The lowest BCUT2D eigenvalue weighted by Gasteiger charge is -2.17. The topological polar surface area (TPSA) is 16.1 Å². The highest BCUT2D eigenvalue weighted by Crippen LogP contribution is 2.30. The minimum Gasteiger partial charge on any atom is -0.359 e. The Morgan fingerprint density at radius 1 is 1.54 bits per heavy atom. The quantitative estimate of drug-likeness (QED) is 0.739. The first kappa shape index (κ1) is 8.82. The second kappa shape index (κ2) is 3.54. The van der Waals surface area contributed by atoms with Crippen molar-refractivity contribution in [2.45, 2.75) is 12.8 Å². The van der Waals surface area contributed by atoms with Crippen LogP contribution in [0.5, 0.6) is 0 Å². The molecule has 2 rings (SSSR count). The van der Waals surface area contributed by atoms with E-state index in [1.807, 2.05) is 12.1 Å². The standard InChI is InChI=1S/C10H13ClN2/c1-13(7-8-2-3-8)10-5-4-9(11)6-12-10/h4-6,8H,2-3,7H2,1H3. The van der Waals surface area contributed by atoms with Gasteiger partial charge in [0, 0.05) is 19.8 Å². The van der Waals surface area contributed by atoms with E-state index in [4.69, 9.17) is 11.6 Å². The van der Waals surface area contributed by atoms with Gasteiger partial charge in [-0.3, -0.25) is 0 Å². The highest BCUT2D eigenvalue weighted by molar-refractivity contribution is 6.30. The molecule has 0 unspecified atom stereocenters. The SMILES string of the molecule is CN(CC1CC1)c1ccc(Cl)cn1. The van der Waals surface area contributed by atoms with Crippen molar-refractivity contribution < 1.29 is 0 Å². The molecule has 13 heavy (non-hydrogen) atoms. The van der Waals surface area contributed by atoms with E-state index in [0.717, 1.165) is 18.3 Å². The Morgan fingerprint density at radius 3 is 2.85 bits per heavy atom. The van der Waals surface area contributed by atoms with Crippen LogP contribution in [0.1, 0.15) is 12.8 Å². The normalized spacial score (nSPS) is 15.8. The Hall–Kier alpha value is -0.760. The minimum absolute atomic E-state index is 0.698. The molecule has 70 valence electrons. The van der Waals surface area contributed by atoms with Gasteiger partial charge in [0.25, 0.3) is 0 Å². The summed E-state index contributed by atoms with van der Waals surface area (Å²) in [6.07, 6.45) is 4.44. The first-order chi connectivity index (χ1) is 6.25. The van der Waals surface area contributed by atoms with E-state index >= 15 is 0 Å². The van der Waals surface area contributed by atoms with Gasteiger partial charge in [-0.15, -0.1) is 0 Å². The van der Waals surface area contributed by atoms with Crippen molar-refractivity contribution in [1.82, 2.24) is 4.98 Å². The molecule has 1 fully saturated rings. The second-order valence-electron chi connectivity index (χ2n) is 3.66. The molecule has 3 heteroatoms. The summed E-state index contributed by atoms with van der Waals surface area (Å²) in [6.45, 7) is 1.12. The van der Waals surface area contributed by atoms with Crippen LogP contribution in [-0.2, 0) is 0 Å². The van der Waals surface area contributed by atoms with E-state index in [0.29, 0.717) is 5.02 Å². The second-order valence-corrected chi connectivity index (χ2v) is 4.09. The van der Waals surface area contributed by atoms with Crippen molar-refractivity contribution >= 4 is 17.4 Å². The summed E-state index contributed by atoms with van der Waals surface area (Å²) in [5.74, 6) is 1.90. The highest BCUT2D eigenvalue weighted by atomic mass is 35.5. The smallest absolute Gasteiger partial charge is 0.128 e. The summed E-state index contributed by atoms with van der Waals surface area (Å²) in [4.78, 5) is 6.44. The Morgan fingerprint density at radius 2 is 2.31 bits per heavy atom. The molecule has 0 amide bonds. The van der Waals surface area contributed by atoms with E-state index in [9.17, 15) is 0 Å². The molecular formula is C10H13ClN2. The van der Waals surface area contributed by atoms with Crippen LogP contribution in [0.2, 0.25) is 5.02 Å². The summed E-state index contributed by atoms with van der Waals surface area (Å²) < 4.78 is 0. The fourth-order valence-corrected chi connectivity index (χ4v) is 1.49. The monoisotopic (exact) mass is 196 g/mol. The summed E-state index contributed by atoms with van der Waals surface area (Å²) in [5, 5.41) is 0.698. The van der Waals surface area contributed by atoms with E-state index in [1.165, 1.54) is 12.8 Å². The van der Waals surface area contributed by atoms with Crippen LogP contribution in [0.4, 0.5) is 5.82 Å². The summed E-state index contributed by atoms with van der Waals surface area (Å²) in [5.41, 5.74) is 0. The van der Waals surface area contributed by atoms with Crippen LogP contribution >= 0.6 is 11.6 Å². The zero-order chi connectivity index (χ0) is 9.26. The maximum atomic E-state index is 5.75. The Labute approximate surface area is 83.5 Å². The lowest BCUT2D eigenvalue weighted by molar-refractivity contribution is 0.777. The Balaban J connectivity index is 2.01. The largest absolute Gasteiger partial charge is 0.359 e. The highest BCUT2D eigenvalue weighted by Gasteiger charge is 2.23. The van der Waals surface area contributed by atoms with Gasteiger partial charge in [-0.05, 0) is 30.9 Å². The number of anilines is 1. The molecule has 0 saturated heterocycles. The first-order valence-corrected chi connectivity index (χ1v) is 4.96. The van der Waals surface area contributed by atoms with Gasteiger partial charge in [0.15, 0.2) is 0 Å². The molecule has 0 radical (unpaired) electrons. The summed E-state index contributed by atoms with van der Waals surface area (Å²) >= 11 is 5.75. The van der Waals surface area contributed by atoms with Crippen molar-refractivity contribution in [2.24, 2.45) is 5.92 Å². The molecule has 0 aliphatic heterocycles. The van der Waals surface area contributed by atoms with E-state index < -0.39 is 0 Å². The van der Waals surface area contributed by atoms with E-state index in [1.54, 1.807) is 6.20 Å². The van der Waals surface area contributed by atoms with E-state index in [2.05, 4.69) is 16.9 Å². The van der Waals surface area contributed by atoms with Gasteiger partial charge < -0.3 is 4.90 Å². The van der Waals surface area contributed by atoms with Crippen LogP contribution in [0.25, 0.3) is 0 Å². The van der Waals surface area contributed by atoms with Crippen LogP contribution in [0, 0.1) is 5.92 Å². The molecule has 2 nitrogen and oxygen atoms in total. The molecule has 0 spiro atoms. The Kier molecular flexibility index (Phi) is 2.40. The predicted molar refractivity (Wildman–Crippen MR) is 55.2 cm³/mol. The van der Waals surface area contributed by atoms with Gasteiger partial charge in [-0.1, -0.05) is 11.6 Å². The van der Waals surface area contributed by atoms with Gasteiger partial charge in [-0.25, -0.2) is 4.98 Å². The molecule has 0 bridgehead atoms. The summed E-state index contributed by atoms with van der Waals surface area (Å²) in [7, 11) is 2.08. The number of aromatic nitrogens is 1. The summed E-state index contributed by atoms with van der Waals surface area (Å²) in [6, 6.07) is 3.85. The van der Waals surface area contributed by atoms with Crippen molar-refractivity contribution in [3.8, 4) is 0 Å². The molecule has 1 saturated carbocycles. The number of hydrogen-bond acceptors (Lipinski definition) is 2. The molecular weight excluding hydrogens is 184 g/mol. The van der Waals surface area contributed by atoms with Crippen molar-refractivity contribution in [3.05, 3.63) is 23.4 Å². The van der Waals surface area contributed by atoms with Crippen LogP contribution in [0.3, 0.4) is 0 Å². The number of pyridine rings is 1. The number of halogens is 1. The third kappa shape index (κ3) is 2.34. The number of nitrogens with zero attached hydrogens (tertiary/aromatic N) is 2. The maximum Gasteiger partial charge on any atom is 0.128 e. The van der Waals surface area contributed by atoms with Gasteiger partial charge in [0.05, 0.1) is 5.02 Å².